The van der Waals surface area contributed by atoms with E-state index in [4.69, 9.17) is 5.73 Å². The lowest BCUT2D eigenvalue weighted by molar-refractivity contribution is 0.0703. The molecule has 2 bridgehead atoms. The van der Waals surface area contributed by atoms with E-state index in [0.29, 0.717) is 12.6 Å². The predicted octanol–water partition coefficient (Wildman–Crippen LogP) is 1.81. The maximum atomic E-state index is 12.5. The molecule has 2 unspecified atom stereocenters. The van der Waals surface area contributed by atoms with Crippen LogP contribution in [0.1, 0.15) is 35.2 Å². The van der Waals surface area contributed by atoms with E-state index in [-0.39, 0.29) is 5.91 Å². The number of carbonyl (C=O) groups excluding carboxylic acids is 1. The Kier molecular flexibility index (Phi) is 3.08. The third-order valence-electron chi connectivity index (χ3n) is 4.28. The van der Waals surface area contributed by atoms with Crippen LogP contribution in [0.5, 0.6) is 0 Å². The van der Waals surface area contributed by atoms with Crippen molar-refractivity contribution in [3.05, 3.63) is 35.4 Å². The standard InChI is InChI=1S/C15H20N2O/c16-7-6-11-2-1-3-13(8-11)15(18)17-10-12-4-5-14(17)9-12/h1-3,8,12,14H,4-7,9-10,16H2. The van der Waals surface area contributed by atoms with Crippen molar-refractivity contribution in [2.75, 3.05) is 13.1 Å². The number of benzene rings is 1. The minimum Gasteiger partial charge on any atom is -0.335 e. The highest BCUT2D eigenvalue weighted by Crippen LogP contribution is 2.38. The fourth-order valence-corrected chi connectivity index (χ4v) is 3.37. The largest absolute Gasteiger partial charge is 0.335 e. The first-order valence-electron chi connectivity index (χ1n) is 6.88. The van der Waals surface area contributed by atoms with Crippen molar-refractivity contribution in [1.82, 2.24) is 4.90 Å². The van der Waals surface area contributed by atoms with Gasteiger partial charge in [0, 0.05) is 18.2 Å². The Morgan fingerprint density at radius 1 is 1.39 bits per heavy atom. The molecule has 3 heteroatoms. The number of piperidine rings is 1. The Balaban J connectivity index is 1.77. The average Bonchev–Trinajstić information content (AvgIpc) is 3.01. The topological polar surface area (TPSA) is 46.3 Å². The van der Waals surface area contributed by atoms with Crippen molar-refractivity contribution >= 4 is 5.91 Å². The van der Waals surface area contributed by atoms with Gasteiger partial charge in [-0.3, -0.25) is 4.79 Å². The van der Waals surface area contributed by atoms with E-state index in [1.165, 1.54) is 19.3 Å². The summed E-state index contributed by atoms with van der Waals surface area (Å²) in [5.74, 6) is 0.965. The lowest BCUT2D eigenvalue weighted by Gasteiger charge is -2.27. The summed E-state index contributed by atoms with van der Waals surface area (Å²) in [5.41, 5.74) is 7.55. The molecule has 1 saturated carbocycles. The molecule has 0 aromatic heterocycles. The van der Waals surface area contributed by atoms with Crippen LogP contribution >= 0.6 is 0 Å². The average molecular weight is 244 g/mol. The Morgan fingerprint density at radius 3 is 2.94 bits per heavy atom. The van der Waals surface area contributed by atoms with Gasteiger partial charge in [0.25, 0.3) is 5.91 Å². The van der Waals surface area contributed by atoms with E-state index < -0.39 is 0 Å². The van der Waals surface area contributed by atoms with Gasteiger partial charge in [-0.1, -0.05) is 12.1 Å². The lowest BCUT2D eigenvalue weighted by Crippen LogP contribution is -2.37. The molecule has 1 aliphatic carbocycles. The molecule has 18 heavy (non-hydrogen) atoms. The third-order valence-corrected chi connectivity index (χ3v) is 4.28. The van der Waals surface area contributed by atoms with E-state index >= 15 is 0 Å². The molecular weight excluding hydrogens is 224 g/mol. The van der Waals surface area contributed by atoms with Crippen LogP contribution in [0.15, 0.2) is 24.3 Å². The molecular formula is C15H20N2O. The Bertz CT molecular complexity index is 458. The van der Waals surface area contributed by atoms with Gasteiger partial charge in [0.1, 0.15) is 0 Å². The molecule has 0 radical (unpaired) electrons. The molecule has 1 amide bonds. The van der Waals surface area contributed by atoms with Crippen molar-refractivity contribution in [3.63, 3.8) is 0 Å². The first-order chi connectivity index (χ1) is 8.78. The van der Waals surface area contributed by atoms with Crippen LogP contribution in [0.25, 0.3) is 0 Å². The van der Waals surface area contributed by atoms with Crippen LogP contribution in [0.3, 0.4) is 0 Å². The second-order valence-corrected chi connectivity index (χ2v) is 5.53. The first kappa shape index (κ1) is 11.7. The molecule has 3 nitrogen and oxygen atoms in total. The van der Waals surface area contributed by atoms with E-state index in [9.17, 15) is 4.79 Å². The molecule has 96 valence electrons. The summed E-state index contributed by atoms with van der Waals surface area (Å²) < 4.78 is 0. The van der Waals surface area contributed by atoms with Gasteiger partial charge in [-0.25, -0.2) is 0 Å². The van der Waals surface area contributed by atoms with Crippen LogP contribution in [0.2, 0.25) is 0 Å². The van der Waals surface area contributed by atoms with Gasteiger partial charge in [-0.15, -0.1) is 0 Å². The zero-order valence-electron chi connectivity index (χ0n) is 10.6. The number of carbonyl (C=O) groups is 1. The second kappa shape index (κ2) is 4.73. The maximum Gasteiger partial charge on any atom is 0.254 e. The SMILES string of the molecule is NCCc1cccc(C(=O)N2CC3CCC2C3)c1. The third kappa shape index (κ3) is 2.03. The fourth-order valence-electron chi connectivity index (χ4n) is 3.37. The number of amides is 1. The highest BCUT2D eigenvalue weighted by molar-refractivity contribution is 5.94. The van der Waals surface area contributed by atoms with Crippen molar-refractivity contribution in [2.24, 2.45) is 11.7 Å². The van der Waals surface area contributed by atoms with Gasteiger partial charge >= 0.3 is 0 Å². The second-order valence-electron chi connectivity index (χ2n) is 5.53. The number of nitrogens with zero attached hydrogens (tertiary/aromatic N) is 1. The number of hydrogen-bond acceptors (Lipinski definition) is 2. The smallest absolute Gasteiger partial charge is 0.254 e. The van der Waals surface area contributed by atoms with Gasteiger partial charge in [-0.05, 0) is 55.8 Å². The molecule has 2 aliphatic rings. The summed E-state index contributed by atoms with van der Waals surface area (Å²) in [5, 5.41) is 0. The maximum absolute atomic E-state index is 12.5. The van der Waals surface area contributed by atoms with Crippen LogP contribution in [-0.2, 0) is 6.42 Å². The molecule has 1 saturated heterocycles. The molecule has 2 atom stereocenters. The van der Waals surface area contributed by atoms with Crippen molar-refractivity contribution in [1.29, 1.82) is 0 Å². The monoisotopic (exact) mass is 244 g/mol. The zero-order valence-corrected chi connectivity index (χ0v) is 10.6. The molecule has 1 aliphatic heterocycles. The Hall–Kier alpha value is -1.35. The zero-order chi connectivity index (χ0) is 12.5. The van der Waals surface area contributed by atoms with Gasteiger partial charge in [-0.2, -0.15) is 0 Å². The number of hydrogen-bond donors (Lipinski definition) is 1. The first-order valence-corrected chi connectivity index (χ1v) is 6.88. The summed E-state index contributed by atoms with van der Waals surface area (Å²) in [6.07, 6.45) is 4.56. The molecule has 1 heterocycles. The van der Waals surface area contributed by atoms with Crippen LogP contribution in [0, 0.1) is 5.92 Å². The summed E-state index contributed by atoms with van der Waals surface area (Å²) >= 11 is 0. The van der Waals surface area contributed by atoms with Gasteiger partial charge in [0.05, 0.1) is 0 Å². The van der Waals surface area contributed by atoms with Crippen molar-refractivity contribution in [3.8, 4) is 0 Å². The number of rotatable bonds is 3. The summed E-state index contributed by atoms with van der Waals surface area (Å²) in [6, 6.07) is 8.43. The van der Waals surface area contributed by atoms with E-state index in [2.05, 4.69) is 4.90 Å². The van der Waals surface area contributed by atoms with Crippen LogP contribution < -0.4 is 5.73 Å². The van der Waals surface area contributed by atoms with Crippen LogP contribution in [0.4, 0.5) is 0 Å². The van der Waals surface area contributed by atoms with E-state index in [1.807, 2.05) is 24.3 Å². The molecule has 2 fully saturated rings. The van der Waals surface area contributed by atoms with Gasteiger partial charge in [0.2, 0.25) is 0 Å². The summed E-state index contributed by atoms with van der Waals surface area (Å²) in [7, 11) is 0. The Morgan fingerprint density at radius 2 is 2.28 bits per heavy atom. The molecule has 1 aromatic rings. The summed E-state index contributed by atoms with van der Waals surface area (Å²) in [4.78, 5) is 14.6. The van der Waals surface area contributed by atoms with Crippen molar-refractivity contribution in [2.45, 2.75) is 31.7 Å². The van der Waals surface area contributed by atoms with E-state index in [1.54, 1.807) is 0 Å². The van der Waals surface area contributed by atoms with Crippen molar-refractivity contribution < 1.29 is 4.79 Å². The molecule has 0 spiro atoms. The highest BCUT2D eigenvalue weighted by atomic mass is 16.2. The predicted molar refractivity (Wildman–Crippen MR) is 71.4 cm³/mol. The molecule has 3 rings (SSSR count). The number of nitrogens with two attached hydrogens (primary N) is 1. The Labute approximate surface area is 108 Å². The number of likely N-dealkylation sites (tertiary alicyclic amines) is 1. The highest BCUT2D eigenvalue weighted by Gasteiger charge is 2.40. The number of fused-ring (bicyclic) bond motifs is 2. The summed E-state index contributed by atoms with van der Waals surface area (Å²) in [6.45, 7) is 1.59. The lowest BCUT2D eigenvalue weighted by atomic mass is 10.1. The van der Waals surface area contributed by atoms with Gasteiger partial charge in [0.15, 0.2) is 0 Å². The van der Waals surface area contributed by atoms with E-state index in [0.717, 1.165) is 30.0 Å². The van der Waals surface area contributed by atoms with Crippen LogP contribution in [-0.4, -0.2) is 29.9 Å². The molecule has 2 N–H and O–H groups in total. The van der Waals surface area contributed by atoms with Gasteiger partial charge < -0.3 is 10.6 Å². The minimum atomic E-state index is 0.209. The normalized spacial score (nSPS) is 25.7. The minimum absolute atomic E-state index is 0.209. The fraction of sp³-hybridized carbons (Fsp3) is 0.533. The quantitative estimate of drug-likeness (QED) is 0.881. The molecule has 1 aromatic carbocycles.